The average molecular weight is 285 g/mol. The van der Waals surface area contributed by atoms with E-state index in [2.05, 4.69) is 0 Å². The van der Waals surface area contributed by atoms with E-state index in [-0.39, 0.29) is 0 Å². The van der Waals surface area contributed by atoms with Crippen LogP contribution in [0.4, 0.5) is 9.59 Å². The van der Waals surface area contributed by atoms with Crippen LogP contribution in [0.3, 0.4) is 0 Å². The first-order valence-corrected chi connectivity index (χ1v) is 3.44. The van der Waals surface area contributed by atoms with Crippen molar-refractivity contribution in [2.24, 2.45) is 0 Å². The summed E-state index contributed by atoms with van der Waals surface area (Å²) in [5.74, 6) is 0. The quantitative estimate of drug-likeness (QED) is 0.771. The van der Waals surface area contributed by atoms with Crippen LogP contribution in [0.1, 0.15) is 0 Å². The molecular formula is C2H2O4Pt. The fourth-order valence-corrected chi connectivity index (χ4v) is 0.474. The summed E-state index contributed by atoms with van der Waals surface area (Å²) >= 11 is -1.67. The zero-order chi connectivity index (χ0) is 5.86. The average Bonchev–Trinajstić information content (AvgIpc) is 1.27. The van der Waals surface area contributed by atoms with Gasteiger partial charge in [0, 0.05) is 0 Å². The van der Waals surface area contributed by atoms with Gasteiger partial charge in [-0.1, -0.05) is 0 Å². The molecule has 0 amide bonds. The van der Waals surface area contributed by atoms with Crippen LogP contribution in [-0.2, 0) is 18.6 Å². The molecule has 2 N–H and O–H groups in total. The molecule has 7 heavy (non-hydrogen) atoms. The van der Waals surface area contributed by atoms with Crippen LogP contribution in [0.25, 0.3) is 0 Å². The van der Waals surface area contributed by atoms with Crippen molar-refractivity contribution in [3.05, 3.63) is 0 Å². The van der Waals surface area contributed by atoms with Gasteiger partial charge in [0.25, 0.3) is 0 Å². The third kappa shape index (κ3) is 5.63. The van der Waals surface area contributed by atoms with Gasteiger partial charge in [0.05, 0.1) is 0 Å². The van der Waals surface area contributed by atoms with Gasteiger partial charge in [-0.15, -0.1) is 0 Å². The van der Waals surface area contributed by atoms with Crippen molar-refractivity contribution in [1.82, 2.24) is 0 Å². The molecule has 0 fully saturated rings. The van der Waals surface area contributed by atoms with Crippen LogP contribution in [0.2, 0.25) is 0 Å². The molecule has 0 saturated heterocycles. The van der Waals surface area contributed by atoms with E-state index in [9.17, 15) is 9.59 Å². The predicted octanol–water partition coefficient (Wildman–Crippen LogP) is 0.425. The molecule has 0 atom stereocenters. The Morgan fingerprint density at radius 1 is 1.14 bits per heavy atom. The van der Waals surface area contributed by atoms with Gasteiger partial charge < -0.3 is 0 Å². The fourth-order valence-electron chi connectivity index (χ4n) is 0.0579. The van der Waals surface area contributed by atoms with Crippen molar-refractivity contribution in [1.29, 1.82) is 0 Å². The van der Waals surface area contributed by atoms with Crippen molar-refractivity contribution in [3.8, 4) is 0 Å². The van der Waals surface area contributed by atoms with Gasteiger partial charge in [0.2, 0.25) is 0 Å². The number of rotatable bonds is 2. The van der Waals surface area contributed by atoms with Gasteiger partial charge in [-0.3, -0.25) is 0 Å². The van der Waals surface area contributed by atoms with Crippen LogP contribution in [0, 0.1) is 0 Å². The van der Waals surface area contributed by atoms with E-state index in [1.54, 1.807) is 0 Å². The molecular weight excluding hydrogens is 283 g/mol. The van der Waals surface area contributed by atoms with E-state index >= 15 is 0 Å². The molecule has 0 saturated carbocycles. The Hall–Kier alpha value is -0.372. The fraction of sp³-hybridized carbons (Fsp3) is 0. The first-order valence-electron chi connectivity index (χ1n) is 1.17. The van der Waals surface area contributed by atoms with Gasteiger partial charge in [0.15, 0.2) is 0 Å². The van der Waals surface area contributed by atoms with Crippen molar-refractivity contribution in [2.45, 2.75) is 0 Å². The van der Waals surface area contributed by atoms with Crippen molar-refractivity contribution in [3.63, 3.8) is 0 Å². The topological polar surface area (TPSA) is 74.6 Å². The first kappa shape index (κ1) is 6.63. The Labute approximate surface area is 47.7 Å². The summed E-state index contributed by atoms with van der Waals surface area (Å²) in [6.45, 7) is 0. The number of hydrogen-bond donors (Lipinski definition) is 2. The predicted molar refractivity (Wildman–Crippen MR) is 16.0 cm³/mol. The monoisotopic (exact) mass is 285 g/mol. The SMILES string of the molecule is O=[C](O)[Pt][C](=O)O. The summed E-state index contributed by atoms with van der Waals surface area (Å²) in [4.78, 5) is 19.0. The Kier molecular flexibility index (Phi) is 2.60. The second-order valence-electron chi connectivity index (χ2n) is 0.532. The van der Waals surface area contributed by atoms with Crippen LogP contribution in [0.15, 0.2) is 0 Å². The van der Waals surface area contributed by atoms with E-state index in [4.69, 9.17) is 10.2 Å². The molecule has 0 bridgehead atoms. The van der Waals surface area contributed by atoms with E-state index in [0.717, 1.165) is 0 Å². The molecule has 0 radical (unpaired) electrons. The molecule has 0 heterocycles. The number of hydrogen-bond acceptors (Lipinski definition) is 2. The Bertz CT molecular complexity index is 85.9. The maximum atomic E-state index is 9.48. The summed E-state index contributed by atoms with van der Waals surface area (Å²) in [7, 11) is 0. The molecule has 0 rings (SSSR count). The second-order valence-corrected chi connectivity index (χ2v) is 3.04. The molecule has 44 valence electrons. The normalized spacial score (nSPS) is 8.57. The second kappa shape index (κ2) is 2.74. The Morgan fingerprint density at radius 3 is 1.43 bits per heavy atom. The Balaban J connectivity index is 3.32. The van der Waals surface area contributed by atoms with Gasteiger partial charge in [0.1, 0.15) is 0 Å². The van der Waals surface area contributed by atoms with Crippen LogP contribution >= 0.6 is 0 Å². The van der Waals surface area contributed by atoms with Gasteiger partial charge >= 0.3 is 47.1 Å². The first-order chi connectivity index (χ1) is 3.13. The summed E-state index contributed by atoms with van der Waals surface area (Å²) in [5.41, 5.74) is 0. The summed E-state index contributed by atoms with van der Waals surface area (Å²) in [6.07, 6.45) is 0. The van der Waals surface area contributed by atoms with Crippen LogP contribution in [-0.4, -0.2) is 18.9 Å². The summed E-state index contributed by atoms with van der Waals surface area (Å²) in [6, 6.07) is 0. The molecule has 0 aromatic carbocycles. The molecule has 5 heteroatoms. The zero-order valence-electron chi connectivity index (χ0n) is 3.03. The van der Waals surface area contributed by atoms with Gasteiger partial charge in [-0.25, -0.2) is 0 Å². The van der Waals surface area contributed by atoms with E-state index in [1.807, 2.05) is 0 Å². The molecule has 0 aliphatic carbocycles. The van der Waals surface area contributed by atoms with Crippen molar-refractivity contribution >= 4 is 8.72 Å². The molecule has 0 aromatic heterocycles. The molecule has 0 unspecified atom stereocenters. The third-order valence-electron chi connectivity index (χ3n) is 0.135. The van der Waals surface area contributed by atoms with E-state index in [1.165, 1.54) is 0 Å². The van der Waals surface area contributed by atoms with Crippen molar-refractivity contribution < 1.29 is 38.4 Å². The zero-order valence-corrected chi connectivity index (χ0v) is 5.30. The molecule has 0 spiro atoms. The summed E-state index contributed by atoms with van der Waals surface area (Å²) < 4.78 is -2.40. The Morgan fingerprint density at radius 2 is 1.43 bits per heavy atom. The van der Waals surface area contributed by atoms with Gasteiger partial charge in [-0.2, -0.15) is 0 Å². The van der Waals surface area contributed by atoms with Crippen molar-refractivity contribution in [2.75, 3.05) is 0 Å². The van der Waals surface area contributed by atoms with Gasteiger partial charge in [-0.05, 0) is 0 Å². The summed E-state index contributed by atoms with van der Waals surface area (Å²) in [5, 5.41) is 15.5. The molecule has 4 nitrogen and oxygen atoms in total. The minimum absolute atomic E-state index is 1.20. The van der Waals surface area contributed by atoms with E-state index < -0.39 is 27.3 Å². The standard InChI is InChI=1S/2CHO2.Pt/c2*2-1-3;/h2*(H,2,3);. The maximum absolute atomic E-state index is 9.48. The third-order valence-corrected chi connectivity index (χ3v) is 1.11. The number of carbonyl (C=O) groups is 2. The molecule has 0 aliphatic heterocycles. The van der Waals surface area contributed by atoms with Crippen LogP contribution in [0.5, 0.6) is 0 Å². The van der Waals surface area contributed by atoms with E-state index in [0.29, 0.717) is 0 Å². The number of carboxylic acid groups (broad SMARTS) is 2. The molecule has 0 aromatic rings. The minimum atomic E-state index is -1.67. The van der Waals surface area contributed by atoms with Crippen LogP contribution < -0.4 is 0 Å². The molecule has 0 aliphatic rings.